The van der Waals surface area contributed by atoms with Crippen molar-refractivity contribution in [3.8, 4) is 11.5 Å². The first-order valence-corrected chi connectivity index (χ1v) is 13.5. The van der Waals surface area contributed by atoms with Gasteiger partial charge in [0.25, 0.3) is 5.91 Å². The minimum Gasteiger partial charge on any atom is -0.481 e. The van der Waals surface area contributed by atoms with E-state index >= 15 is 0 Å². The summed E-state index contributed by atoms with van der Waals surface area (Å²) in [5, 5.41) is 25.3. The first kappa shape index (κ1) is 29.4. The number of anilines is 2. The topological polar surface area (TPSA) is 148 Å². The Kier molecular flexibility index (Phi) is 8.43. The smallest absolute Gasteiger partial charge is 0.452 e. The quantitative estimate of drug-likeness (QED) is 0.325. The lowest BCUT2D eigenvalue weighted by Crippen LogP contribution is -2.54. The van der Waals surface area contributed by atoms with Gasteiger partial charge >= 0.3 is 12.1 Å². The lowest BCUT2D eigenvalue weighted by atomic mass is 10.0. The number of hydroxylamine groups is 1. The summed E-state index contributed by atoms with van der Waals surface area (Å²) in [6, 6.07) is 7.46. The van der Waals surface area contributed by atoms with Crippen LogP contribution in [-0.2, 0) is 11.0 Å². The molecule has 2 aliphatic rings. The highest BCUT2D eigenvalue weighted by Crippen LogP contribution is 2.36. The number of amides is 1. The van der Waals surface area contributed by atoms with Crippen LogP contribution >= 0.6 is 0 Å². The predicted molar refractivity (Wildman–Crippen MR) is 142 cm³/mol. The normalized spacial score (nSPS) is 19.9. The number of aliphatic carboxylic acids is 1. The monoisotopic (exact) mass is 589 g/mol. The molecule has 15 heteroatoms. The highest BCUT2D eigenvalue weighted by Gasteiger charge is 2.42. The van der Waals surface area contributed by atoms with E-state index < -0.39 is 41.5 Å². The van der Waals surface area contributed by atoms with Crippen LogP contribution in [0, 0.1) is 5.92 Å². The average Bonchev–Trinajstić information content (AvgIpc) is 3.66. The molecule has 3 aromatic rings. The molecule has 3 heterocycles. The molecule has 224 valence electrons. The largest absolute Gasteiger partial charge is 0.481 e. The van der Waals surface area contributed by atoms with Crippen molar-refractivity contribution in [1.29, 1.82) is 0 Å². The van der Waals surface area contributed by atoms with Crippen LogP contribution in [0.4, 0.5) is 24.8 Å². The third kappa shape index (κ3) is 6.22. The molecule has 12 nitrogen and oxygen atoms in total. The molecule has 0 radical (unpaired) electrons. The molecule has 2 atom stereocenters. The van der Waals surface area contributed by atoms with Crippen molar-refractivity contribution >= 4 is 23.5 Å². The molecule has 1 saturated carbocycles. The Morgan fingerprint density at radius 2 is 1.74 bits per heavy atom. The van der Waals surface area contributed by atoms with Gasteiger partial charge in [-0.15, -0.1) is 5.17 Å². The third-order valence-corrected chi connectivity index (χ3v) is 7.71. The highest BCUT2D eigenvalue weighted by atomic mass is 19.4. The zero-order valence-corrected chi connectivity index (χ0v) is 22.7. The Bertz CT molecular complexity index is 1400. The number of carbonyl (C=O) groups excluding carboxylic acids is 1. The summed E-state index contributed by atoms with van der Waals surface area (Å²) < 4.78 is 45.7. The number of hydrogen-bond donors (Lipinski definition) is 3. The number of nitrogens with one attached hydrogen (secondary N) is 1. The maximum absolute atomic E-state index is 13.6. The fourth-order valence-corrected chi connectivity index (χ4v) is 5.46. The zero-order valence-electron chi connectivity index (χ0n) is 22.7. The molecule has 2 aromatic heterocycles. The molecule has 0 spiro atoms. The lowest BCUT2D eigenvalue weighted by Gasteiger charge is -2.41. The number of hydrazine groups is 1. The van der Waals surface area contributed by atoms with Gasteiger partial charge in [0.05, 0.1) is 30.0 Å². The maximum atomic E-state index is 13.6. The second-order valence-corrected chi connectivity index (χ2v) is 10.3. The number of halogens is 3. The second-order valence-electron chi connectivity index (χ2n) is 10.3. The van der Waals surface area contributed by atoms with Crippen molar-refractivity contribution in [2.75, 3.05) is 30.4 Å². The first-order chi connectivity index (χ1) is 20.0. The molecule has 1 saturated heterocycles. The Balaban J connectivity index is 1.20. The molecular formula is C27H30F3N7O5. The number of carbonyl (C=O) groups is 2. The van der Waals surface area contributed by atoms with Crippen molar-refractivity contribution in [2.24, 2.45) is 5.92 Å². The van der Waals surface area contributed by atoms with Gasteiger partial charge in [-0.2, -0.15) is 13.2 Å². The van der Waals surface area contributed by atoms with E-state index in [9.17, 15) is 33.1 Å². The lowest BCUT2D eigenvalue weighted by molar-refractivity contribution is -0.283. The van der Waals surface area contributed by atoms with Crippen LogP contribution < -0.4 is 10.2 Å². The first-order valence-electron chi connectivity index (χ1n) is 13.5. The van der Waals surface area contributed by atoms with Crippen molar-refractivity contribution in [3.05, 3.63) is 54.2 Å². The molecule has 1 amide bonds. The van der Waals surface area contributed by atoms with Gasteiger partial charge in [0, 0.05) is 31.7 Å². The van der Waals surface area contributed by atoms with Gasteiger partial charge in [-0.1, -0.05) is 24.6 Å². The molecule has 42 heavy (non-hydrogen) atoms. The second kappa shape index (κ2) is 12.0. The van der Waals surface area contributed by atoms with Crippen LogP contribution in [0.3, 0.4) is 0 Å². The molecule has 3 N–H and O–H groups in total. The van der Waals surface area contributed by atoms with Gasteiger partial charge in [0.2, 0.25) is 17.6 Å². The molecule has 1 aliphatic carbocycles. The van der Waals surface area contributed by atoms with E-state index in [1.165, 1.54) is 24.5 Å². The Hall–Kier alpha value is -4.08. The number of rotatable bonds is 8. The predicted octanol–water partition coefficient (Wildman–Crippen LogP) is 4.16. The van der Waals surface area contributed by atoms with E-state index in [0.717, 1.165) is 11.6 Å². The fraction of sp³-hybridized carbons (Fsp3) is 0.444. The van der Waals surface area contributed by atoms with E-state index in [0.29, 0.717) is 50.3 Å². The van der Waals surface area contributed by atoms with E-state index in [-0.39, 0.29) is 17.6 Å². The van der Waals surface area contributed by atoms with Gasteiger partial charge < -0.3 is 19.7 Å². The van der Waals surface area contributed by atoms with Crippen LogP contribution in [0.1, 0.15) is 48.4 Å². The summed E-state index contributed by atoms with van der Waals surface area (Å²) in [5.41, 5.74) is -0.530. The van der Waals surface area contributed by atoms with Gasteiger partial charge in [-0.25, -0.2) is 20.0 Å². The minimum atomic E-state index is -4.94. The number of oxazole rings is 1. The minimum absolute atomic E-state index is 0.0223. The van der Waals surface area contributed by atoms with Crippen LogP contribution in [0.15, 0.2) is 47.1 Å². The summed E-state index contributed by atoms with van der Waals surface area (Å²) in [7, 11) is 1.74. The molecular weight excluding hydrogens is 559 g/mol. The molecule has 1 aromatic carbocycles. The van der Waals surface area contributed by atoms with Crippen LogP contribution in [-0.4, -0.2) is 79.5 Å². The average molecular weight is 590 g/mol. The Morgan fingerprint density at radius 3 is 2.36 bits per heavy atom. The van der Waals surface area contributed by atoms with Crippen LogP contribution in [0.25, 0.3) is 11.5 Å². The van der Waals surface area contributed by atoms with Crippen LogP contribution in [0.2, 0.25) is 0 Å². The van der Waals surface area contributed by atoms with Crippen molar-refractivity contribution < 1.29 is 37.5 Å². The Labute approximate surface area is 238 Å². The van der Waals surface area contributed by atoms with E-state index in [2.05, 4.69) is 20.3 Å². The number of piperidine rings is 1. The molecule has 0 bridgehead atoms. The van der Waals surface area contributed by atoms with Gasteiger partial charge in [-0.05, 0) is 37.8 Å². The third-order valence-electron chi connectivity index (χ3n) is 7.71. The summed E-state index contributed by atoms with van der Waals surface area (Å²) in [6.45, 7) is 1.11. The van der Waals surface area contributed by atoms with Crippen molar-refractivity contribution in [1.82, 2.24) is 25.1 Å². The summed E-state index contributed by atoms with van der Waals surface area (Å²) in [6.07, 6.45) is 0.845. The maximum Gasteiger partial charge on any atom is 0.452 e. The van der Waals surface area contributed by atoms with Gasteiger partial charge in [0.1, 0.15) is 0 Å². The summed E-state index contributed by atoms with van der Waals surface area (Å²) in [4.78, 5) is 38.5. The summed E-state index contributed by atoms with van der Waals surface area (Å²) in [5.74, 6) is -4.09. The Morgan fingerprint density at radius 1 is 1.07 bits per heavy atom. The molecule has 5 rings (SSSR count). The number of aromatic nitrogens is 3. The fourth-order valence-electron chi connectivity index (χ4n) is 5.46. The van der Waals surface area contributed by atoms with E-state index in [4.69, 9.17) is 4.42 Å². The highest BCUT2D eigenvalue weighted by molar-refractivity contribution is 6.03. The summed E-state index contributed by atoms with van der Waals surface area (Å²) >= 11 is 0. The van der Waals surface area contributed by atoms with Gasteiger partial charge in [0.15, 0.2) is 5.69 Å². The van der Waals surface area contributed by atoms with Crippen molar-refractivity contribution in [2.45, 2.75) is 50.4 Å². The van der Waals surface area contributed by atoms with E-state index in [1.807, 2.05) is 4.90 Å². The number of benzene rings is 1. The number of nitrogens with zero attached hydrogens (tertiary/aromatic N) is 6. The number of carboxylic acids is 1. The molecule has 0 unspecified atom stereocenters. The van der Waals surface area contributed by atoms with E-state index in [1.54, 1.807) is 30.3 Å². The van der Waals surface area contributed by atoms with Gasteiger partial charge in [-0.3, -0.25) is 14.8 Å². The SMILES string of the molecule is CN(C1CCN(c2ncc(NC(=O)c3nc(-c4ccccc4)oc3C(F)(F)F)cn2)CC1)N(O)[C@H]1CCC[C@@H]1C(=O)O. The number of alkyl halides is 3. The zero-order chi connectivity index (χ0) is 30.0. The number of carboxylic acid groups (broad SMARTS) is 1. The standard InChI is InChI=1S/C27H30F3N7O5/c1-35(37(41)20-9-5-8-19(20)25(39)40)18-10-12-36(13-11-18)26-31-14-17(15-32-26)33-23(38)21-22(27(28,29)30)42-24(34-21)16-6-3-2-4-7-16/h2-4,6-7,14-15,18-20,41H,5,8-13H2,1H3,(H,33,38)(H,39,40)/t19-,20-/m0/s1. The number of hydrogen-bond acceptors (Lipinski definition) is 10. The van der Waals surface area contributed by atoms with Crippen molar-refractivity contribution in [3.63, 3.8) is 0 Å². The molecule has 1 aliphatic heterocycles. The molecule has 2 fully saturated rings. The van der Waals surface area contributed by atoms with Crippen LogP contribution in [0.5, 0.6) is 0 Å².